The highest BCUT2D eigenvalue weighted by molar-refractivity contribution is 5.98. The second-order valence-electron chi connectivity index (χ2n) is 5.82. The molecule has 0 aliphatic carbocycles. The molecule has 0 fully saturated rings. The molecule has 2 aromatic carbocycles. The maximum atomic E-state index is 12.1. The molecule has 4 heteroatoms. The average Bonchev–Trinajstić information content (AvgIpc) is 2.53. The summed E-state index contributed by atoms with van der Waals surface area (Å²) in [4.78, 5) is 18.1. The van der Waals surface area contributed by atoms with Crippen LogP contribution in [0.25, 0.3) is 11.1 Å². The summed E-state index contributed by atoms with van der Waals surface area (Å²) in [5.41, 5.74) is 8.52. The third kappa shape index (κ3) is 2.48. The van der Waals surface area contributed by atoms with Gasteiger partial charge in [-0.15, -0.1) is 0 Å². The van der Waals surface area contributed by atoms with Crippen LogP contribution in [0.2, 0.25) is 0 Å². The lowest BCUT2D eigenvalue weighted by molar-refractivity contribution is -0.128. The van der Waals surface area contributed by atoms with Crippen molar-refractivity contribution in [3.63, 3.8) is 0 Å². The van der Waals surface area contributed by atoms with E-state index in [2.05, 4.69) is 29.3 Å². The fourth-order valence-corrected chi connectivity index (χ4v) is 2.74. The number of benzene rings is 2. The van der Waals surface area contributed by atoms with Gasteiger partial charge in [-0.2, -0.15) is 0 Å². The summed E-state index contributed by atoms with van der Waals surface area (Å²) in [5.74, 6) is 0.254. The van der Waals surface area contributed by atoms with Gasteiger partial charge in [-0.1, -0.05) is 48.5 Å². The molecule has 0 radical (unpaired) electrons. The molecule has 4 nitrogen and oxygen atoms in total. The van der Waals surface area contributed by atoms with Gasteiger partial charge in [-0.3, -0.25) is 9.69 Å². The van der Waals surface area contributed by atoms with Gasteiger partial charge in [0.15, 0.2) is 5.96 Å². The Morgan fingerprint density at radius 2 is 1.77 bits per heavy atom. The minimum Gasteiger partial charge on any atom is -0.369 e. The highest BCUT2D eigenvalue weighted by Crippen LogP contribution is 2.34. The van der Waals surface area contributed by atoms with Gasteiger partial charge in [0, 0.05) is 7.05 Å². The van der Waals surface area contributed by atoms with Crippen LogP contribution in [0.4, 0.5) is 0 Å². The zero-order chi connectivity index (χ0) is 15.7. The van der Waals surface area contributed by atoms with E-state index < -0.39 is 5.54 Å². The van der Waals surface area contributed by atoms with Gasteiger partial charge in [0.05, 0.1) is 12.0 Å². The molecular weight excluding hydrogens is 274 g/mol. The maximum absolute atomic E-state index is 12.1. The van der Waals surface area contributed by atoms with Gasteiger partial charge < -0.3 is 5.73 Å². The van der Waals surface area contributed by atoms with Crippen molar-refractivity contribution in [3.8, 4) is 11.1 Å². The number of guanidine groups is 1. The molecule has 1 unspecified atom stereocenters. The number of nitrogens with two attached hydrogens (primary N) is 1. The molecule has 0 saturated carbocycles. The first-order valence-corrected chi connectivity index (χ1v) is 7.27. The summed E-state index contributed by atoms with van der Waals surface area (Å²) in [6, 6.07) is 18.3. The van der Waals surface area contributed by atoms with Crippen molar-refractivity contribution in [1.82, 2.24) is 4.90 Å². The number of nitrogens with zero attached hydrogens (tertiary/aromatic N) is 2. The Balaban J connectivity index is 2.04. The van der Waals surface area contributed by atoms with Gasteiger partial charge in [0.25, 0.3) is 0 Å². The maximum Gasteiger partial charge on any atom is 0.231 e. The van der Waals surface area contributed by atoms with Crippen molar-refractivity contribution >= 4 is 11.9 Å². The molecule has 0 spiro atoms. The lowest BCUT2D eigenvalue weighted by Gasteiger charge is -2.33. The Labute approximate surface area is 130 Å². The predicted octanol–water partition coefficient (Wildman–Crippen LogP) is 2.75. The predicted molar refractivity (Wildman–Crippen MR) is 88.2 cm³/mol. The van der Waals surface area contributed by atoms with Gasteiger partial charge >= 0.3 is 0 Å². The molecule has 1 aliphatic heterocycles. The van der Waals surface area contributed by atoms with Crippen molar-refractivity contribution < 1.29 is 4.79 Å². The van der Waals surface area contributed by atoms with Crippen LogP contribution in [-0.4, -0.2) is 23.8 Å². The highest BCUT2D eigenvalue weighted by atomic mass is 16.2. The number of rotatable bonds is 2. The van der Waals surface area contributed by atoms with Crippen LogP contribution < -0.4 is 5.73 Å². The van der Waals surface area contributed by atoms with Crippen LogP contribution in [0.15, 0.2) is 59.6 Å². The Hall–Kier alpha value is -2.62. The molecular formula is C18H19N3O. The zero-order valence-electron chi connectivity index (χ0n) is 12.8. The standard InChI is InChI=1S/C18H19N3O/c1-18(12-16(22)21(2)17(19)20-18)15-10-6-9-14(11-15)13-7-4-3-5-8-13/h3-11H,12H2,1-2H3,(H2,19,20). The van der Waals surface area contributed by atoms with E-state index in [1.807, 2.05) is 37.3 Å². The van der Waals surface area contributed by atoms with Gasteiger partial charge in [0.2, 0.25) is 5.91 Å². The topological polar surface area (TPSA) is 58.7 Å². The largest absolute Gasteiger partial charge is 0.369 e. The molecule has 0 saturated heterocycles. The number of amides is 1. The van der Waals surface area contributed by atoms with E-state index in [1.165, 1.54) is 4.90 Å². The summed E-state index contributed by atoms with van der Waals surface area (Å²) in [6.07, 6.45) is 0.322. The van der Waals surface area contributed by atoms with Crippen LogP contribution >= 0.6 is 0 Å². The number of hydrogen-bond acceptors (Lipinski definition) is 3. The van der Waals surface area contributed by atoms with E-state index in [0.29, 0.717) is 6.42 Å². The molecule has 3 rings (SSSR count). The normalized spacial score (nSPS) is 21.6. The minimum atomic E-state index is -0.613. The number of hydrogen-bond donors (Lipinski definition) is 1. The smallest absolute Gasteiger partial charge is 0.231 e. The Morgan fingerprint density at radius 3 is 2.45 bits per heavy atom. The first kappa shape index (κ1) is 14.3. The summed E-state index contributed by atoms with van der Waals surface area (Å²) < 4.78 is 0. The fourth-order valence-electron chi connectivity index (χ4n) is 2.74. The molecule has 1 atom stereocenters. The molecule has 0 aromatic heterocycles. The summed E-state index contributed by atoms with van der Waals surface area (Å²) >= 11 is 0. The van der Waals surface area contributed by atoms with E-state index in [1.54, 1.807) is 7.05 Å². The summed E-state index contributed by atoms with van der Waals surface area (Å²) in [6.45, 7) is 1.95. The van der Waals surface area contributed by atoms with Crippen LogP contribution in [-0.2, 0) is 10.3 Å². The minimum absolute atomic E-state index is 0.0138. The average molecular weight is 293 g/mol. The van der Waals surface area contributed by atoms with Crippen LogP contribution in [0.3, 0.4) is 0 Å². The van der Waals surface area contributed by atoms with Gasteiger partial charge in [0.1, 0.15) is 0 Å². The molecule has 2 aromatic rings. The monoisotopic (exact) mass is 293 g/mol. The molecule has 2 N–H and O–H groups in total. The lowest BCUT2D eigenvalue weighted by atomic mass is 9.86. The van der Waals surface area contributed by atoms with Crippen molar-refractivity contribution in [2.75, 3.05) is 7.05 Å². The number of aliphatic imine (C=N–C) groups is 1. The summed E-state index contributed by atoms with van der Waals surface area (Å²) in [5, 5.41) is 0. The zero-order valence-corrected chi connectivity index (χ0v) is 12.8. The second-order valence-corrected chi connectivity index (χ2v) is 5.82. The van der Waals surface area contributed by atoms with Gasteiger partial charge in [-0.25, -0.2) is 4.99 Å². The van der Waals surface area contributed by atoms with Crippen LogP contribution in [0.5, 0.6) is 0 Å². The second kappa shape index (κ2) is 5.30. The molecule has 0 bridgehead atoms. The molecule has 112 valence electrons. The Bertz CT molecular complexity index is 739. The van der Waals surface area contributed by atoms with E-state index in [0.717, 1.165) is 16.7 Å². The van der Waals surface area contributed by atoms with Gasteiger partial charge in [-0.05, 0) is 29.7 Å². The lowest BCUT2D eigenvalue weighted by Crippen LogP contribution is -2.47. The quantitative estimate of drug-likeness (QED) is 0.925. The SMILES string of the molecule is CN1C(=O)CC(C)(c2cccc(-c3ccccc3)c2)N=C1N. The van der Waals surface area contributed by atoms with Crippen LogP contribution in [0, 0.1) is 0 Å². The third-order valence-electron chi connectivity index (χ3n) is 4.17. The molecule has 22 heavy (non-hydrogen) atoms. The van der Waals surface area contributed by atoms with Crippen molar-refractivity contribution in [2.24, 2.45) is 10.7 Å². The fraction of sp³-hybridized carbons (Fsp3) is 0.222. The molecule has 1 heterocycles. The van der Waals surface area contributed by atoms with Crippen molar-refractivity contribution in [3.05, 3.63) is 60.2 Å². The highest BCUT2D eigenvalue weighted by Gasteiger charge is 2.36. The van der Waals surface area contributed by atoms with E-state index >= 15 is 0 Å². The summed E-state index contributed by atoms with van der Waals surface area (Å²) in [7, 11) is 1.65. The van der Waals surface area contributed by atoms with Crippen LogP contribution in [0.1, 0.15) is 18.9 Å². The molecule has 1 aliphatic rings. The van der Waals surface area contributed by atoms with Crippen molar-refractivity contribution in [2.45, 2.75) is 18.9 Å². The van der Waals surface area contributed by atoms with E-state index in [-0.39, 0.29) is 11.9 Å². The van der Waals surface area contributed by atoms with E-state index in [4.69, 9.17) is 5.73 Å². The third-order valence-corrected chi connectivity index (χ3v) is 4.17. The first-order chi connectivity index (χ1) is 10.5. The Morgan fingerprint density at radius 1 is 1.09 bits per heavy atom. The number of carbonyl (C=O) groups is 1. The number of carbonyl (C=O) groups excluding carboxylic acids is 1. The van der Waals surface area contributed by atoms with E-state index in [9.17, 15) is 4.79 Å². The Kier molecular flexibility index (Phi) is 3.45. The van der Waals surface area contributed by atoms with Crippen molar-refractivity contribution in [1.29, 1.82) is 0 Å². The first-order valence-electron chi connectivity index (χ1n) is 7.27. The molecule has 1 amide bonds.